The van der Waals surface area contributed by atoms with Crippen molar-refractivity contribution in [3.8, 4) is 17.2 Å². The van der Waals surface area contributed by atoms with E-state index in [1.807, 2.05) is 54.6 Å². The van der Waals surface area contributed by atoms with Gasteiger partial charge in [0, 0.05) is 6.07 Å². The molecule has 3 aromatic rings. The molecule has 0 aromatic heterocycles. The van der Waals surface area contributed by atoms with Gasteiger partial charge in [-0.15, -0.1) is 0 Å². The van der Waals surface area contributed by atoms with Crippen molar-refractivity contribution >= 4 is 17.8 Å². The molecule has 0 unspecified atom stereocenters. The number of hydrogen-bond acceptors (Lipinski definition) is 6. The predicted molar refractivity (Wildman–Crippen MR) is 114 cm³/mol. The average molecular weight is 416 g/mol. The summed E-state index contributed by atoms with van der Waals surface area (Å²) in [5, 5.41) is 0. The molecule has 156 valence electrons. The van der Waals surface area contributed by atoms with Gasteiger partial charge in [0.05, 0.1) is 12.7 Å². The minimum atomic E-state index is -0.486. The molecule has 0 spiro atoms. The minimum absolute atomic E-state index is 0.184. The second-order valence-corrected chi connectivity index (χ2v) is 6.81. The minimum Gasteiger partial charge on any atom is -0.497 e. The summed E-state index contributed by atoms with van der Waals surface area (Å²) in [4.78, 5) is 24.5. The SMILES string of the molecule is COc1cccc(C=C2Oc3cc(OCC(=O)OCc4ccccc4)ccc3C2=O)c1. The molecular formula is C25H20O6. The van der Waals surface area contributed by atoms with Gasteiger partial charge in [0.1, 0.15) is 23.9 Å². The van der Waals surface area contributed by atoms with Crippen LogP contribution in [0.3, 0.4) is 0 Å². The van der Waals surface area contributed by atoms with Crippen molar-refractivity contribution in [1.29, 1.82) is 0 Å². The summed E-state index contributed by atoms with van der Waals surface area (Å²) in [7, 11) is 1.58. The van der Waals surface area contributed by atoms with E-state index in [9.17, 15) is 9.59 Å². The maximum atomic E-state index is 12.6. The van der Waals surface area contributed by atoms with Crippen LogP contribution in [0.1, 0.15) is 21.5 Å². The highest BCUT2D eigenvalue weighted by molar-refractivity contribution is 6.14. The molecule has 6 nitrogen and oxygen atoms in total. The van der Waals surface area contributed by atoms with Gasteiger partial charge in [-0.05, 0) is 41.5 Å². The summed E-state index contributed by atoms with van der Waals surface area (Å²) in [5.74, 6) is 0.988. The van der Waals surface area contributed by atoms with Gasteiger partial charge in [0.15, 0.2) is 12.4 Å². The normalized spacial score (nSPS) is 13.5. The smallest absolute Gasteiger partial charge is 0.344 e. The summed E-state index contributed by atoms with van der Waals surface area (Å²) in [6.07, 6.45) is 1.66. The molecule has 0 amide bonds. The maximum absolute atomic E-state index is 12.6. The third-order valence-electron chi connectivity index (χ3n) is 4.63. The number of esters is 1. The van der Waals surface area contributed by atoms with Gasteiger partial charge < -0.3 is 18.9 Å². The fourth-order valence-electron chi connectivity index (χ4n) is 3.06. The molecule has 6 heteroatoms. The van der Waals surface area contributed by atoms with Crippen LogP contribution < -0.4 is 14.2 Å². The summed E-state index contributed by atoms with van der Waals surface area (Å²) in [6, 6.07) is 21.5. The zero-order valence-corrected chi connectivity index (χ0v) is 16.9. The molecular weight excluding hydrogens is 396 g/mol. The summed E-state index contributed by atoms with van der Waals surface area (Å²) < 4.78 is 21.6. The highest BCUT2D eigenvalue weighted by Crippen LogP contribution is 2.35. The van der Waals surface area contributed by atoms with Crippen molar-refractivity contribution in [1.82, 2.24) is 0 Å². The first-order chi connectivity index (χ1) is 15.1. The lowest BCUT2D eigenvalue weighted by atomic mass is 10.1. The second-order valence-electron chi connectivity index (χ2n) is 6.81. The molecule has 1 heterocycles. The maximum Gasteiger partial charge on any atom is 0.344 e. The number of ether oxygens (including phenoxy) is 4. The highest BCUT2D eigenvalue weighted by Gasteiger charge is 2.27. The molecule has 31 heavy (non-hydrogen) atoms. The Morgan fingerprint density at radius 2 is 1.81 bits per heavy atom. The van der Waals surface area contributed by atoms with E-state index < -0.39 is 5.97 Å². The number of Topliss-reactive ketones (excluding diaryl/α,β-unsaturated/α-hetero) is 1. The first-order valence-corrected chi connectivity index (χ1v) is 9.67. The Morgan fingerprint density at radius 1 is 0.968 bits per heavy atom. The molecule has 0 saturated heterocycles. The lowest BCUT2D eigenvalue weighted by Crippen LogP contribution is -2.14. The number of methoxy groups -OCH3 is 1. The molecule has 1 aliphatic rings. The van der Waals surface area contributed by atoms with E-state index in [4.69, 9.17) is 18.9 Å². The predicted octanol–water partition coefficient (Wildman–Crippen LogP) is 4.43. The van der Waals surface area contributed by atoms with Crippen LogP contribution in [0.25, 0.3) is 6.08 Å². The van der Waals surface area contributed by atoms with E-state index in [1.54, 1.807) is 31.4 Å². The number of hydrogen-bond donors (Lipinski definition) is 0. The molecule has 0 saturated carbocycles. The summed E-state index contributed by atoms with van der Waals surface area (Å²) in [5.41, 5.74) is 2.12. The Labute approximate surface area is 179 Å². The van der Waals surface area contributed by atoms with Crippen LogP contribution >= 0.6 is 0 Å². The van der Waals surface area contributed by atoms with E-state index in [2.05, 4.69) is 0 Å². The molecule has 3 aromatic carbocycles. The van der Waals surface area contributed by atoms with Crippen molar-refractivity contribution < 1.29 is 28.5 Å². The summed E-state index contributed by atoms with van der Waals surface area (Å²) >= 11 is 0. The quantitative estimate of drug-likeness (QED) is 0.419. The number of carbonyl (C=O) groups is 2. The van der Waals surface area contributed by atoms with Crippen LogP contribution in [0, 0.1) is 0 Å². The molecule has 0 fully saturated rings. The monoisotopic (exact) mass is 416 g/mol. The van der Waals surface area contributed by atoms with E-state index in [-0.39, 0.29) is 24.8 Å². The van der Waals surface area contributed by atoms with Gasteiger partial charge >= 0.3 is 5.97 Å². The zero-order valence-electron chi connectivity index (χ0n) is 16.9. The molecule has 0 atom stereocenters. The average Bonchev–Trinajstić information content (AvgIpc) is 3.11. The first-order valence-electron chi connectivity index (χ1n) is 9.67. The highest BCUT2D eigenvalue weighted by atomic mass is 16.6. The second kappa shape index (κ2) is 9.17. The molecule has 0 N–H and O–H groups in total. The van der Waals surface area contributed by atoms with Gasteiger partial charge in [-0.1, -0.05) is 42.5 Å². The van der Waals surface area contributed by atoms with Crippen LogP contribution in [0.4, 0.5) is 0 Å². The van der Waals surface area contributed by atoms with Crippen LogP contribution in [-0.2, 0) is 16.1 Å². The van der Waals surface area contributed by atoms with Gasteiger partial charge in [-0.2, -0.15) is 0 Å². The largest absolute Gasteiger partial charge is 0.497 e. The fraction of sp³-hybridized carbons (Fsp3) is 0.120. The number of fused-ring (bicyclic) bond motifs is 1. The summed E-state index contributed by atoms with van der Waals surface area (Å²) in [6.45, 7) is -0.0602. The Bertz CT molecular complexity index is 1130. The number of benzene rings is 3. The van der Waals surface area contributed by atoms with Crippen molar-refractivity contribution in [2.24, 2.45) is 0 Å². The van der Waals surface area contributed by atoms with E-state index >= 15 is 0 Å². The van der Waals surface area contributed by atoms with Crippen LogP contribution in [-0.4, -0.2) is 25.5 Å². The van der Waals surface area contributed by atoms with Crippen LogP contribution in [0.5, 0.6) is 17.2 Å². The van der Waals surface area contributed by atoms with Gasteiger partial charge in [0.25, 0.3) is 0 Å². The first kappa shape index (κ1) is 20.2. The molecule has 0 radical (unpaired) electrons. The number of allylic oxidation sites excluding steroid dienone is 1. The Balaban J connectivity index is 1.37. The van der Waals surface area contributed by atoms with Crippen molar-refractivity contribution in [3.05, 3.63) is 95.2 Å². The van der Waals surface area contributed by atoms with Crippen LogP contribution in [0.15, 0.2) is 78.6 Å². The van der Waals surface area contributed by atoms with E-state index in [1.165, 1.54) is 0 Å². The van der Waals surface area contributed by atoms with Crippen molar-refractivity contribution in [3.63, 3.8) is 0 Å². The number of carbonyl (C=O) groups excluding carboxylic acids is 2. The Hall–Kier alpha value is -4.06. The van der Waals surface area contributed by atoms with E-state index in [0.717, 1.165) is 11.1 Å². The van der Waals surface area contributed by atoms with Crippen LogP contribution in [0.2, 0.25) is 0 Å². The molecule has 0 bridgehead atoms. The third-order valence-corrected chi connectivity index (χ3v) is 4.63. The molecule has 1 aliphatic heterocycles. The number of ketones is 1. The van der Waals surface area contributed by atoms with Gasteiger partial charge in [0.2, 0.25) is 5.78 Å². The number of rotatable bonds is 7. The third kappa shape index (κ3) is 4.93. The Kier molecular flexibility index (Phi) is 5.98. The molecule has 4 rings (SSSR count). The lowest BCUT2D eigenvalue weighted by Gasteiger charge is -2.08. The van der Waals surface area contributed by atoms with Gasteiger partial charge in [-0.3, -0.25) is 4.79 Å². The topological polar surface area (TPSA) is 71.1 Å². The van der Waals surface area contributed by atoms with E-state index in [0.29, 0.717) is 22.8 Å². The Morgan fingerprint density at radius 3 is 2.61 bits per heavy atom. The molecule has 0 aliphatic carbocycles. The van der Waals surface area contributed by atoms with Crippen molar-refractivity contribution in [2.45, 2.75) is 6.61 Å². The fourth-order valence-corrected chi connectivity index (χ4v) is 3.06. The lowest BCUT2D eigenvalue weighted by molar-refractivity contribution is -0.147. The zero-order chi connectivity index (χ0) is 21.6. The van der Waals surface area contributed by atoms with Gasteiger partial charge in [-0.25, -0.2) is 4.79 Å². The standard InChI is InChI=1S/C25H20O6/c1-28-19-9-5-8-18(12-19)13-23-25(27)21-11-10-20(14-22(21)31-23)29-16-24(26)30-15-17-6-3-2-4-7-17/h2-14H,15-16H2,1H3. The van der Waals surface area contributed by atoms with Crippen molar-refractivity contribution in [2.75, 3.05) is 13.7 Å².